The molecule has 2 heterocycles. The van der Waals surface area contributed by atoms with Crippen LogP contribution in [-0.4, -0.2) is 30.0 Å². The molecule has 3 aromatic carbocycles. The van der Waals surface area contributed by atoms with Crippen LogP contribution < -0.4 is 14.7 Å². The van der Waals surface area contributed by atoms with E-state index in [9.17, 15) is 24.1 Å². The van der Waals surface area contributed by atoms with E-state index in [1.54, 1.807) is 24.3 Å². The smallest absolute Gasteiger partial charge is 0.271 e. The van der Waals surface area contributed by atoms with Gasteiger partial charge in [0.2, 0.25) is 5.91 Å². The van der Waals surface area contributed by atoms with Gasteiger partial charge in [-0.1, -0.05) is 12.1 Å². The molecular formula is C24H17BrFN3O6. The molecule has 9 nitrogen and oxygen atoms in total. The molecule has 0 radical (unpaired) electrons. The number of hydrogen-bond acceptors (Lipinski definition) is 7. The van der Waals surface area contributed by atoms with Crippen LogP contribution in [0.2, 0.25) is 0 Å². The Bertz CT molecular complexity index is 1350. The Hall–Kier alpha value is -3.83. The number of carbonyl (C=O) groups excluding carboxylic acids is 2. The number of fused-ring (bicyclic) bond motifs is 1. The topological polar surface area (TPSA) is 102 Å². The van der Waals surface area contributed by atoms with Gasteiger partial charge in [-0.15, -0.1) is 0 Å². The van der Waals surface area contributed by atoms with Crippen LogP contribution in [-0.2, 0) is 14.4 Å². The minimum Gasteiger partial charge on any atom is -0.496 e. The summed E-state index contributed by atoms with van der Waals surface area (Å²) in [4.78, 5) is 44.7. The molecule has 2 aliphatic heterocycles. The second kappa shape index (κ2) is 8.75. The summed E-state index contributed by atoms with van der Waals surface area (Å²) >= 11 is 3.44. The third-order valence-corrected chi connectivity index (χ3v) is 6.63. The van der Waals surface area contributed by atoms with Crippen molar-refractivity contribution in [3.05, 3.63) is 92.7 Å². The van der Waals surface area contributed by atoms with E-state index >= 15 is 0 Å². The predicted octanol–water partition coefficient (Wildman–Crippen LogP) is 4.56. The van der Waals surface area contributed by atoms with Gasteiger partial charge < -0.3 is 4.74 Å². The van der Waals surface area contributed by atoms with Crippen molar-refractivity contribution in [1.82, 2.24) is 0 Å². The molecule has 11 heteroatoms. The number of nitro groups is 1. The number of methoxy groups -OCH3 is 1. The fraction of sp³-hybridized carbons (Fsp3) is 0.167. The molecule has 2 amide bonds. The number of amides is 2. The lowest BCUT2D eigenvalue weighted by atomic mass is 9.90. The number of anilines is 2. The number of nitrogens with zero attached hydrogens (tertiary/aromatic N) is 3. The molecule has 0 unspecified atom stereocenters. The quantitative estimate of drug-likeness (QED) is 0.265. The van der Waals surface area contributed by atoms with E-state index in [4.69, 9.17) is 9.57 Å². The van der Waals surface area contributed by atoms with E-state index in [1.165, 1.54) is 54.6 Å². The Morgan fingerprint density at radius 2 is 1.77 bits per heavy atom. The van der Waals surface area contributed by atoms with Gasteiger partial charge in [-0.2, -0.15) is 0 Å². The van der Waals surface area contributed by atoms with Crippen molar-refractivity contribution in [3.63, 3.8) is 0 Å². The van der Waals surface area contributed by atoms with Gasteiger partial charge >= 0.3 is 0 Å². The lowest BCUT2D eigenvalue weighted by Crippen LogP contribution is -2.37. The van der Waals surface area contributed by atoms with Crippen LogP contribution in [0.1, 0.15) is 11.6 Å². The predicted molar refractivity (Wildman–Crippen MR) is 126 cm³/mol. The van der Waals surface area contributed by atoms with Crippen LogP contribution >= 0.6 is 15.9 Å². The summed E-state index contributed by atoms with van der Waals surface area (Å²) in [6, 6.07) is 15.2. The van der Waals surface area contributed by atoms with E-state index < -0.39 is 40.6 Å². The molecule has 2 fully saturated rings. The molecule has 2 saturated heterocycles. The molecule has 35 heavy (non-hydrogen) atoms. The molecule has 0 N–H and O–H groups in total. The summed E-state index contributed by atoms with van der Waals surface area (Å²) in [5.41, 5.74) is 1.01. The van der Waals surface area contributed by atoms with Gasteiger partial charge in [0.15, 0.2) is 6.10 Å². The third-order valence-electron chi connectivity index (χ3n) is 6.01. The highest BCUT2D eigenvalue weighted by atomic mass is 79.9. The lowest BCUT2D eigenvalue weighted by molar-refractivity contribution is -0.384. The Morgan fingerprint density at radius 3 is 2.43 bits per heavy atom. The van der Waals surface area contributed by atoms with Crippen LogP contribution in [0, 0.1) is 21.8 Å². The maximum Gasteiger partial charge on any atom is 0.271 e. The highest BCUT2D eigenvalue weighted by Crippen LogP contribution is 2.48. The van der Waals surface area contributed by atoms with Crippen molar-refractivity contribution >= 4 is 44.8 Å². The number of halogens is 2. The summed E-state index contributed by atoms with van der Waals surface area (Å²) < 4.78 is 19.3. The molecule has 0 aliphatic carbocycles. The van der Waals surface area contributed by atoms with Crippen LogP contribution in [0.25, 0.3) is 0 Å². The maximum absolute atomic E-state index is 13.6. The van der Waals surface area contributed by atoms with Crippen molar-refractivity contribution in [2.24, 2.45) is 5.92 Å². The summed E-state index contributed by atoms with van der Waals surface area (Å²) in [5.74, 6) is -2.00. The maximum atomic E-state index is 13.6. The number of ether oxygens (including phenoxy) is 1. The standard InChI is InChI=1S/C24H17BrFN3O6/c1-34-19-10-5-13(11-18(19)25)21-20-22(35-28(21)16-3-2-4-17(12-16)29(32)33)24(31)27(23(20)30)15-8-6-14(26)7-9-15/h2-12,20-22H,1H3/t20-,21+,22+/m1/s1. The average molecular weight is 542 g/mol. The number of non-ortho nitro benzene ring substituents is 1. The van der Waals surface area contributed by atoms with Crippen molar-refractivity contribution in [1.29, 1.82) is 0 Å². The Labute approximate surface area is 206 Å². The molecule has 2 aliphatic rings. The number of hydrogen-bond donors (Lipinski definition) is 0. The Balaban J connectivity index is 1.61. The molecule has 0 aromatic heterocycles. The number of benzene rings is 3. The second-order valence-corrected chi connectivity index (χ2v) is 8.84. The zero-order valence-electron chi connectivity index (χ0n) is 18.1. The van der Waals surface area contributed by atoms with Crippen LogP contribution in [0.15, 0.2) is 71.2 Å². The van der Waals surface area contributed by atoms with Crippen molar-refractivity contribution in [2.75, 3.05) is 17.1 Å². The second-order valence-electron chi connectivity index (χ2n) is 7.98. The van der Waals surface area contributed by atoms with Crippen molar-refractivity contribution in [2.45, 2.75) is 12.1 Å². The zero-order chi connectivity index (χ0) is 24.9. The zero-order valence-corrected chi connectivity index (χ0v) is 19.7. The fourth-order valence-corrected chi connectivity index (χ4v) is 4.99. The summed E-state index contributed by atoms with van der Waals surface area (Å²) in [5, 5.41) is 12.7. The first-order valence-corrected chi connectivity index (χ1v) is 11.3. The molecule has 0 spiro atoms. The van der Waals surface area contributed by atoms with Crippen molar-refractivity contribution in [3.8, 4) is 5.75 Å². The van der Waals surface area contributed by atoms with Gasteiger partial charge in [0.1, 0.15) is 17.5 Å². The normalized spacial score (nSPS) is 21.4. The highest BCUT2D eigenvalue weighted by Gasteiger charge is 2.60. The van der Waals surface area contributed by atoms with E-state index in [1.807, 2.05) is 0 Å². The monoisotopic (exact) mass is 541 g/mol. The van der Waals surface area contributed by atoms with Gasteiger partial charge in [0.05, 0.1) is 33.9 Å². The fourth-order valence-electron chi connectivity index (χ4n) is 4.43. The average Bonchev–Trinajstić information content (AvgIpc) is 3.36. The molecule has 178 valence electrons. The number of nitro benzene ring substituents is 1. The summed E-state index contributed by atoms with van der Waals surface area (Å²) in [7, 11) is 1.52. The number of hydroxylamine groups is 1. The molecular weight excluding hydrogens is 525 g/mol. The van der Waals surface area contributed by atoms with Gasteiger partial charge in [-0.05, 0) is 64.0 Å². The lowest BCUT2D eigenvalue weighted by Gasteiger charge is -2.29. The summed E-state index contributed by atoms with van der Waals surface area (Å²) in [6.45, 7) is 0. The Kier molecular flexibility index (Phi) is 5.73. The SMILES string of the molecule is COc1ccc([C@H]2[C@H]3C(=O)N(c4ccc(F)cc4)C(=O)[C@H]3ON2c2cccc([N+](=O)[O-])c2)cc1Br. The molecule has 3 aromatic rings. The Morgan fingerprint density at radius 1 is 1.03 bits per heavy atom. The van der Waals surface area contributed by atoms with Gasteiger partial charge in [-0.3, -0.25) is 24.5 Å². The largest absolute Gasteiger partial charge is 0.496 e. The highest BCUT2D eigenvalue weighted by molar-refractivity contribution is 9.10. The van der Waals surface area contributed by atoms with Gasteiger partial charge in [0, 0.05) is 12.1 Å². The number of carbonyl (C=O) groups is 2. The van der Waals surface area contributed by atoms with Crippen LogP contribution in [0.4, 0.5) is 21.5 Å². The molecule has 0 bridgehead atoms. The van der Waals surface area contributed by atoms with E-state index in [2.05, 4.69) is 15.9 Å². The summed E-state index contributed by atoms with van der Waals surface area (Å²) in [6.07, 6.45) is -1.17. The van der Waals surface area contributed by atoms with Crippen molar-refractivity contribution < 1.29 is 28.5 Å². The molecule has 0 saturated carbocycles. The van der Waals surface area contributed by atoms with Gasteiger partial charge in [0.25, 0.3) is 11.6 Å². The first kappa shape index (κ1) is 22.9. The minimum atomic E-state index is -1.17. The minimum absolute atomic E-state index is 0.164. The van der Waals surface area contributed by atoms with Crippen LogP contribution in [0.3, 0.4) is 0 Å². The van der Waals surface area contributed by atoms with Crippen LogP contribution in [0.5, 0.6) is 5.75 Å². The number of rotatable bonds is 5. The van der Waals surface area contributed by atoms with E-state index in [0.717, 1.165) is 4.90 Å². The third kappa shape index (κ3) is 3.82. The molecule has 3 atom stereocenters. The van der Waals surface area contributed by atoms with Gasteiger partial charge in [-0.25, -0.2) is 14.4 Å². The number of imide groups is 1. The molecule has 5 rings (SSSR count). The first-order valence-electron chi connectivity index (χ1n) is 10.5. The van der Waals surface area contributed by atoms with E-state index in [0.29, 0.717) is 21.5 Å². The van der Waals surface area contributed by atoms with E-state index in [-0.39, 0.29) is 11.4 Å². The first-order chi connectivity index (χ1) is 16.8.